The molecule has 0 bridgehead atoms. The first-order valence-corrected chi connectivity index (χ1v) is 12.2. The van der Waals surface area contributed by atoms with Crippen LogP contribution in [0.3, 0.4) is 0 Å². The van der Waals surface area contributed by atoms with Gasteiger partial charge in [0, 0.05) is 18.3 Å². The highest BCUT2D eigenvalue weighted by molar-refractivity contribution is 7.89. The maximum Gasteiger partial charge on any atom is 0.262 e. The van der Waals surface area contributed by atoms with Gasteiger partial charge in [-0.15, -0.1) is 0 Å². The Morgan fingerprint density at radius 1 is 0.829 bits per heavy atom. The molecular weight excluding hydrogens is 472 g/mol. The summed E-state index contributed by atoms with van der Waals surface area (Å²) >= 11 is 0. The Labute approximate surface area is 205 Å². The first-order chi connectivity index (χ1) is 16.8. The van der Waals surface area contributed by atoms with Crippen molar-refractivity contribution >= 4 is 21.6 Å². The fourth-order valence-corrected chi connectivity index (χ4v) is 4.24. The Bertz CT molecular complexity index is 1240. The van der Waals surface area contributed by atoms with Crippen LogP contribution >= 0.6 is 0 Å². The summed E-state index contributed by atoms with van der Waals surface area (Å²) < 4.78 is 48.9. The van der Waals surface area contributed by atoms with Crippen molar-refractivity contribution in [2.45, 2.75) is 11.3 Å². The zero-order chi connectivity index (χ0) is 25.3. The second-order valence-electron chi connectivity index (χ2n) is 7.38. The van der Waals surface area contributed by atoms with Gasteiger partial charge in [0.25, 0.3) is 5.91 Å². The molecule has 0 saturated heterocycles. The van der Waals surface area contributed by atoms with Gasteiger partial charge in [-0.3, -0.25) is 4.79 Å². The molecule has 10 heteroatoms. The number of ether oxygens (including phenoxy) is 4. The normalized spacial score (nSPS) is 10.9. The highest BCUT2D eigenvalue weighted by atomic mass is 32.2. The molecule has 0 aromatic heterocycles. The molecule has 0 unspecified atom stereocenters. The Morgan fingerprint density at radius 2 is 1.57 bits per heavy atom. The molecule has 0 spiro atoms. The Balaban J connectivity index is 1.50. The fraction of sp³-hybridized carbons (Fsp3) is 0.240. The van der Waals surface area contributed by atoms with E-state index in [-0.39, 0.29) is 24.0 Å². The number of benzene rings is 3. The molecule has 3 aromatic carbocycles. The molecule has 35 heavy (non-hydrogen) atoms. The van der Waals surface area contributed by atoms with Crippen LogP contribution in [0.5, 0.6) is 23.0 Å². The molecule has 0 saturated carbocycles. The van der Waals surface area contributed by atoms with Gasteiger partial charge in [-0.2, -0.15) is 0 Å². The van der Waals surface area contributed by atoms with Crippen molar-refractivity contribution in [2.24, 2.45) is 0 Å². The van der Waals surface area contributed by atoms with E-state index in [1.54, 1.807) is 51.7 Å². The summed E-state index contributed by atoms with van der Waals surface area (Å²) in [6.45, 7) is -0.0204. The van der Waals surface area contributed by atoms with E-state index in [9.17, 15) is 13.2 Å². The maximum atomic E-state index is 12.6. The van der Waals surface area contributed by atoms with Crippen molar-refractivity contribution in [1.29, 1.82) is 0 Å². The van der Waals surface area contributed by atoms with Crippen molar-refractivity contribution in [1.82, 2.24) is 4.72 Å². The Hall–Kier alpha value is -3.76. The predicted octanol–water partition coefficient (Wildman–Crippen LogP) is 3.25. The number of hydrogen-bond acceptors (Lipinski definition) is 7. The highest BCUT2D eigenvalue weighted by Crippen LogP contribution is 2.27. The minimum Gasteiger partial charge on any atom is -0.497 e. The molecule has 2 N–H and O–H groups in total. The standard InChI is InChI=1S/C25H28N2O7S/c1-31-21-6-4-5-19(16-21)27-25(28)17-34-20-8-10-22(11-9-20)35(29,30)26-14-13-18-7-12-23(32-2)24(15-18)33-3/h4-12,15-16,26H,13-14,17H2,1-3H3,(H,27,28). The zero-order valence-electron chi connectivity index (χ0n) is 19.7. The van der Waals surface area contributed by atoms with E-state index in [0.717, 1.165) is 5.56 Å². The Morgan fingerprint density at radius 3 is 2.26 bits per heavy atom. The summed E-state index contributed by atoms with van der Waals surface area (Å²) in [5.41, 5.74) is 1.49. The van der Waals surface area contributed by atoms with Crippen molar-refractivity contribution in [3.8, 4) is 23.0 Å². The number of sulfonamides is 1. The average Bonchev–Trinajstić information content (AvgIpc) is 2.87. The molecule has 1 amide bonds. The molecule has 0 fully saturated rings. The summed E-state index contributed by atoms with van der Waals surface area (Å²) in [7, 11) is 0.938. The molecule has 3 aromatic rings. The fourth-order valence-electron chi connectivity index (χ4n) is 3.21. The number of carbonyl (C=O) groups excluding carboxylic acids is 1. The molecular formula is C25H28N2O7S. The zero-order valence-corrected chi connectivity index (χ0v) is 20.6. The lowest BCUT2D eigenvalue weighted by atomic mass is 10.1. The van der Waals surface area contributed by atoms with Crippen LogP contribution in [-0.2, 0) is 21.2 Å². The summed E-state index contributed by atoms with van der Waals surface area (Å²) in [4.78, 5) is 12.2. The van der Waals surface area contributed by atoms with Crippen molar-refractivity contribution in [3.05, 3.63) is 72.3 Å². The van der Waals surface area contributed by atoms with Gasteiger partial charge in [0.05, 0.1) is 26.2 Å². The lowest BCUT2D eigenvalue weighted by molar-refractivity contribution is -0.118. The Kier molecular flexibility index (Phi) is 8.93. The topological polar surface area (TPSA) is 112 Å². The van der Waals surface area contributed by atoms with Crippen LogP contribution < -0.4 is 29.0 Å². The molecule has 9 nitrogen and oxygen atoms in total. The smallest absolute Gasteiger partial charge is 0.262 e. The van der Waals surface area contributed by atoms with Gasteiger partial charge in [0.1, 0.15) is 11.5 Å². The van der Waals surface area contributed by atoms with Crippen LogP contribution in [0.25, 0.3) is 0 Å². The third kappa shape index (κ3) is 7.36. The minimum absolute atomic E-state index is 0.0954. The van der Waals surface area contributed by atoms with E-state index < -0.39 is 10.0 Å². The van der Waals surface area contributed by atoms with E-state index in [2.05, 4.69) is 10.0 Å². The van der Waals surface area contributed by atoms with Gasteiger partial charge >= 0.3 is 0 Å². The van der Waals surface area contributed by atoms with E-state index in [4.69, 9.17) is 18.9 Å². The number of amides is 1. The SMILES string of the molecule is COc1cccc(NC(=O)COc2ccc(S(=O)(=O)NCCc3ccc(OC)c(OC)c3)cc2)c1. The van der Waals surface area contributed by atoms with Gasteiger partial charge < -0.3 is 24.3 Å². The van der Waals surface area contributed by atoms with Crippen LogP contribution in [0.15, 0.2) is 71.6 Å². The van der Waals surface area contributed by atoms with Gasteiger partial charge in [0.15, 0.2) is 18.1 Å². The van der Waals surface area contributed by atoms with Gasteiger partial charge in [-0.05, 0) is 60.5 Å². The van der Waals surface area contributed by atoms with Gasteiger partial charge in [0.2, 0.25) is 10.0 Å². The van der Waals surface area contributed by atoms with Crippen molar-refractivity contribution < 1.29 is 32.2 Å². The predicted molar refractivity (Wildman–Crippen MR) is 132 cm³/mol. The summed E-state index contributed by atoms with van der Waals surface area (Å²) in [5.74, 6) is 1.83. The number of hydrogen-bond donors (Lipinski definition) is 2. The molecule has 0 heterocycles. The van der Waals surface area contributed by atoms with Crippen LogP contribution in [0.4, 0.5) is 5.69 Å². The molecule has 0 radical (unpaired) electrons. The summed E-state index contributed by atoms with van der Waals surface area (Å²) in [5, 5.41) is 2.71. The quantitative estimate of drug-likeness (QED) is 0.393. The largest absolute Gasteiger partial charge is 0.497 e. The second kappa shape index (κ2) is 12.1. The number of carbonyl (C=O) groups is 1. The van der Waals surface area contributed by atoms with Crippen molar-refractivity contribution in [3.63, 3.8) is 0 Å². The van der Waals surface area contributed by atoms with Gasteiger partial charge in [-0.1, -0.05) is 12.1 Å². The third-order valence-electron chi connectivity index (χ3n) is 5.01. The second-order valence-corrected chi connectivity index (χ2v) is 9.14. The lowest BCUT2D eigenvalue weighted by Crippen LogP contribution is -2.26. The molecule has 0 atom stereocenters. The number of rotatable bonds is 12. The van der Waals surface area contributed by atoms with Gasteiger partial charge in [-0.25, -0.2) is 13.1 Å². The number of methoxy groups -OCH3 is 3. The van der Waals surface area contributed by atoms with Crippen molar-refractivity contribution in [2.75, 3.05) is 39.8 Å². The highest BCUT2D eigenvalue weighted by Gasteiger charge is 2.14. The van der Waals surface area contributed by atoms with E-state index in [1.807, 2.05) is 12.1 Å². The molecule has 0 aliphatic carbocycles. The van der Waals surface area contributed by atoms with E-state index in [0.29, 0.717) is 35.1 Å². The number of nitrogens with one attached hydrogen (secondary N) is 2. The van der Waals surface area contributed by atoms with Crippen LogP contribution in [0.1, 0.15) is 5.56 Å². The van der Waals surface area contributed by atoms with Crippen LogP contribution in [0.2, 0.25) is 0 Å². The monoisotopic (exact) mass is 500 g/mol. The molecule has 0 aliphatic rings. The molecule has 3 rings (SSSR count). The van der Waals surface area contributed by atoms with Crippen LogP contribution in [-0.4, -0.2) is 48.8 Å². The minimum atomic E-state index is -3.71. The summed E-state index contributed by atoms with van der Waals surface area (Å²) in [6, 6.07) is 18.2. The maximum absolute atomic E-state index is 12.6. The lowest BCUT2D eigenvalue weighted by Gasteiger charge is -2.11. The average molecular weight is 501 g/mol. The summed E-state index contributed by atoms with van der Waals surface area (Å²) in [6.07, 6.45) is 0.475. The first-order valence-electron chi connectivity index (χ1n) is 10.7. The number of anilines is 1. The first kappa shape index (κ1) is 25.9. The van der Waals surface area contributed by atoms with E-state index in [1.165, 1.54) is 24.3 Å². The molecule has 0 aliphatic heterocycles. The third-order valence-corrected chi connectivity index (χ3v) is 6.49. The van der Waals surface area contributed by atoms with Crippen LogP contribution in [0, 0.1) is 0 Å². The molecule has 186 valence electrons. The van der Waals surface area contributed by atoms with E-state index >= 15 is 0 Å².